The summed E-state index contributed by atoms with van der Waals surface area (Å²) < 4.78 is 10.4. The summed E-state index contributed by atoms with van der Waals surface area (Å²) in [5, 5.41) is 1.47. The number of ketones is 1. The molecule has 1 N–H and O–H groups in total. The predicted octanol–water partition coefficient (Wildman–Crippen LogP) is 2.83. The van der Waals surface area contributed by atoms with E-state index in [1.54, 1.807) is 36.4 Å². The van der Waals surface area contributed by atoms with Gasteiger partial charge in [0.15, 0.2) is 17.3 Å². The Kier molecular flexibility index (Phi) is 5.27. The molecule has 6 nitrogen and oxygen atoms in total. The normalized spacial score (nSPS) is 16.3. The molecule has 2 aromatic rings. The van der Waals surface area contributed by atoms with Crippen LogP contribution in [0.2, 0.25) is 0 Å². The van der Waals surface area contributed by atoms with Crippen molar-refractivity contribution in [3.63, 3.8) is 0 Å². The third kappa shape index (κ3) is 3.72. The molecule has 0 bridgehead atoms. The van der Waals surface area contributed by atoms with Crippen LogP contribution in [-0.2, 0) is 11.2 Å². The van der Waals surface area contributed by atoms with Gasteiger partial charge in [0.2, 0.25) is 5.91 Å². The number of benzene rings is 2. The van der Waals surface area contributed by atoms with E-state index in [1.807, 2.05) is 6.07 Å². The first kappa shape index (κ1) is 18.0. The van der Waals surface area contributed by atoms with Gasteiger partial charge in [0.1, 0.15) is 0 Å². The zero-order valence-corrected chi connectivity index (χ0v) is 15.1. The lowest BCUT2D eigenvalue weighted by molar-refractivity contribution is -0.118. The largest absolute Gasteiger partial charge is 0.493 e. The second-order valence-corrected chi connectivity index (χ2v) is 6.86. The topological polar surface area (TPSA) is 81.7 Å². The van der Waals surface area contributed by atoms with Gasteiger partial charge in [-0.1, -0.05) is 30.0 Å². The number of ether oxygens (including phenoxy) is 2. The molecular weight excluding hydrogens is 354 g/mol. The van der Waals surface area contributed by atoms with Gasteiger partial charge in [-0.2, -0.15) is 0 Å². The Balaban J connectivity index is 1.82. The minimum absolute atomic E-state index is 0.160. The molecular formula is C19H17NO5S. The number of rotatable bonds is 6. The van der Waals surface area contributed by atoms with Gasteiger partial charge in [-0.05, 0) is 36.2 Å². The van der Waals surface area contributed by atoms with Gasteiger partial charge in [-0.3, -0.25) is 19.7 Å². The number of nitrogens with one attached hydrogen (secondary N) is 1. The first-order chi connectivity index (χ1) is 12.5. The molecule has 0 aromatic heterocycles. The molecule has 1 heterocycles. The number of hydrogen-bond donors (Lipinski definition) is 1. The second kappa shape index (κ2) is 7.61. The summed E-state index contributed by atoms with van der Waals surface area (Å²) in [6.07, 6.45) is 0.384. The van der Waals surface area contributed by atoms with Crippen LogP contribution in [0.15, 0.2) is 42.5 Å². The Hall–Kier alpha value is -2.80. The van der Waals surface area contributed by atoms with Crippen molar-refractivity contribution in [3.8, 4) is 11.5 Å². The van der Waals surface area contributed by atoms with Crippen molar-refractivity contribution in [1.82, 2.24) is 5.32 Å². The maximum atomic E-state index is 12.8. The quantitative estimate of drug-likeness (QED) is 0.787. The molecule has 0 saturated carbocycles. The minimum Gasteiger partial charge on any atom is -0.493 e. The second-order valence-electron chi connectivity index (χ2n) is 5.69. The van der Waals surface area contributed by atoms with Crippen molar-refractivity contribution in [2.75, 3.05) is 14.2 Å². The number of hydrogen-bond acceptors (Lipinski definition) is 6. The van der Waals surface area contributed by atoms with Crippen LogP contribution in [0.4, 0.5) is 4.79 Å². The van der Waals surface area contributed by atoms with E-state index in [-0.39, 0.29) is 16.9 Å². The van der Waals surface area contributed by atoms with Crippen LogP contribution in [0.3, 0.4) is 0 Å². The van der Waals surface area contributed by atoms with E-state index in [4.69, 9.17) is 9.47 Å². The van der Waals surface area contributed by atoms with Crippen LogP contribution >= 0.6 is 11.8 Å². The third-order valence-corrected chi connectivity index (χ3v) is 5.00. The number of carbonyl (C=O) groups is 3. The average Bonchev–Trinajstić information content (AvgIpc) is 2.97. The zero-order valence-electron chi connectivity index (χ0n) is 14.3. The SMILES string of the molecule is COc1ccc(C(=O)c2cccc(CC3SC(=O)NC3=O)c2)cc1OC. The van der Waals surface area contributed by atoms with Crippen molar-refractivity contribution >= 4 is 28.7 Å². The number of methoxy groups -OCH3 is 2. The van der Waals surface area contributed by atoms with Crippen LogP contribution < -0.4 is 14.8 Å². The van der Waals surface area contributed by atoms with Crippen molar-refractivity contribution in [3.05, 3.63) is 59.2 Å². The lowest BCUT2D eigenvalue weighted by atomic mass is 9.99. The van der Waals surface area contributed by atoms with E-state index in [0.29, 0.717) is 29.0 Å². The van der Waals surface area contributed by atoms with Crippen LogP contribution in [0, 0.1) is 0 Å². The lowest BCUT2D eigenvalue weighted by Gasteiger charge is -2.10. The Morgan fingerprint density at radius 1 is 1.04 bits per heavy atom. The predicted molar refractivity (Wildman–Crippen MR) is 98.0 cm³/mol. The van der Waals surface area contributed by atoms with E-state index >= 15 is 0 Å². The van der Waals surface area contributed by atoms with Crippen LogP contribution in [0.25, 0.3) is 0 Å². The molecule has 7 heteroatoms. The molecule has 1 aliphatic rings. The van der Waals surface area contributed by atoms with E-state index in [9.17, 15) is 14.4 Å². The molecule has 1 fully saturated rings. The van der Waals surface area contributed by atoms with Gasteiger partial charge in [-0.25, -0.2) is 0 Å². The van der Waals surface area contributed by atoms with E-state index < -0.39 is 5.25 Å². The first-order valence-corrected chi connectivity index (χ1v) is 8.77. The smallest absolute Gasteiger partial charge is 0.286 e. The molecule has 1 saturated heterocycles. The molecule has 26 heavy (non-hydrogen) atoms. The Bertz CT molecular complexity index is 880. The molecule has 1 atom stereocenters. The lowest BCUT2D eigenvalue weighted by Crippen LogP contribution is -2.25. The van der Waals surface area contributed by atoms with Gasteiger partial charge < -0.3 is 9.47 Å². The fourth-order valence-corrected chi connectivity index (χ4v) is 3.59. The Morgan fingerprint density at radius 3 is 2.42 bits per heavy atom. The number of imide groups is 1. The van der Waals surface area contributed by atoms with Crippen molar-refractivity contribution in [2.24, 2.45) is 0 Å². The zero-order chi connectivity index (χ0) is 18.7. The van der Waals surface area contributed by atoms with E-state index in [1.165, 1.54) is 14.2 Å². The van der Waals surface area contributed by atoms with Crippen molar-refractivity contribution < 1.29 is 23.9 Å². The molecule has 2 aromatic carbocycles. The van der Waals surface area contributed by atoms with Gasteiger partial charge in [0.05, 0.1) is 19.5 Å². The summed E-state index contributed by atoms with van der Waals surface area (Å²) >= 11 is 0.973. The fraction of sp³-hybridized carbons (Fsp3) is 0.211. The molecule has 1 unspecified atom stereocenters. The number of amides is 2. The van der Waals surface area contributed by atoms with Crippen LogP contribution in [0.1, 0.15) is 21.5 Å². The summed E-state index contributed by atoms with van der Waals surface area (Å²) in [5.41, 5.74) is 1.80. The van der Waals surface area contributed by atoms with Gasteiger partial charge in [0.25, 0.3) is 5.24 Å². The molecule has 0 radical (unpaired) electrons. The summed E-state index contributed by atoms with van der Waals surface area (Å²) in [7, 11) is 3.04. The molecule has 0 spiro atoms. The summed E-state index contributed by atoms with van der Waals surface area (Å²) in [4.78, 5) is 35.8. The average molecular weight is 371 g/mol. The maximum absolute atomic E-state index is 12.8. The first-order valence-electron chi connectivity index (χ1n) is 7.89. The monoisotopic (exact) mass is 371 g/mol. The fourth-order valence-electron chi connectivity index (χ4n) is 2.73. The summed E-state index contributed by atoms with van der Waals surface area (Å²) in [6, 6.07) is 12.1. The minimum atomic E-state index is -0.464. The van der Waals surface area contributed by atoms with Crippen LogP contribution in [-0.4, -0.2) is 36.4 Å². The number of thioether (sulfide) groups is 1. The summed E-state index contributed by atoms with van der Waals surface area (Å²) in [5.74, 6) is 0.572. The van der Waals surface area contributed by atoms with Gasteiger partial charge in [-0.15, -0.1) is 0 Å². The van der Waals surface area contributed by atoms with E-state index in [2.05, 4.69) is 5.32 Å². The highest BCUT2D eigenvalue weighted by Crippen LogP contribution is 2.29. The Labute approximate surface area is 154 Å². The summed E-state index contributed by atoms with van der Waals surface area (Å²) in [6.45, 7) is 0. The number of carbonyl (C=O) groups excluding carboxylic acids is 3. The van der Waals surface area contributed by atoms with Gasteiger partial charge in [0, 0.05) is 11.1 Å². The molecule has 0 aliphatic carbocycles. The third-order valence-electron chi connectivity index (χ3n) is 4.02. The molecule has 134 valence electrons. The van der Waals surface area contributed by atoms with Crippen molar-refractivity contribution in [1.29, 1.82) is 0 Å². The molecule has 2 amide bonds. The standard InChI is InChI=1S/C19H17NO5S/c1-24-14-7-6-13(10-15(14)25-2)17(21)12-5-3-4-11(8-12)9-16-18(22)20-19(23)26-16/h3-8,10,16H,9H2,1-2H3,(H,20,22,23). The van der Waals surface area contributed by atoms with E-state index in [0.717, 1.165) is 17.3 Å². The molecule has 3 rings (SSSR count). The highest BCUT2D eigenvalue weighted by atomic mass is 32.2. The highest BCUT2D eigenvalue weighted by Gasteiger charge is 2.31. The van der Waals surface area contributed by atoms with Crippen molar-refractivity contribution in [2.45, 2.75) is 11.7 Å². The highest BCUT2D eigenvalue weighted by molar-refractivity contribution is 8.15. The maximum Gasteiger partial charge on any atom is 0.286 e. The molecule has 1 aliphatic heterocycles. The van der Waals surface area contributed by atoms with Crippen LogP contribution in [0.5, 0.6) is 11.5 Å². The Morgan fingerprint density at radius 2 is 1.77 bits per heavy atom. The van der Waals surface area contributed by atoms with Gasteiger partial charge >= 0.3 is 0 Å².